The number of rotatable bonds is 6. The van der Waals surface area contributed by atoms with Crippen molar-refractivity contribution in [3.63, 3.8) is 0 Å². The summed E-state index contributed by atoms with van der Waals surface area (Å²) in [6.45, 7) is 5.29. The molecule has 0 bridgehead atoms. The lowest BCUT2D eigenvalue weighted by Crippen LogP contribution is -2.57. The van der Waals surface area contributed by atoms with Crippen molar-refractivity contribution in [1.82, 2.24) is 15.6 Å². The van der Waals surface area contributed by atoms with Crippen molar-refractivity contribution >= 4 is 23.6 Å². The molecule has 136 valence electrons. The molecule has 0 radical (unpaired) electrons. The molecule has 0 saturated heterocycles. The summed E-state index contributed by atoms with van der Waals surface area (Å²) in [6.07, 6.45) is 1.73. The third-order valence-electron chi connectivity index (χ3n) is 4.40. The van der Waals surface area contributed by atoms with Gasteiger partial charge in [-0.05, 0) is 31.5 Å². The topological polar surface area (TPSA) is 112 Å². The number of carbonyl (C=O) groups excluding carboxylic acids is 2. The van der Waals surface area contributed by atoms with Gasteiger partial charge in [0.1, 0.15) is 17.9 Å². The highest BCUT2D eigenvalue weighted by molar-refractivity contribution is 6.05. The molecule has 8 nitrogen and oxygen atoms in total. The molecule has 2 rings (SSSR count). The first-order valence-corrected chi connectivity index (χ1v) is 8.25. The van der Waals surface area contributed by atoms with Crippen LogP contribution in [-0.2, 0) is 20.8 Å². The molecule has 1 aromatic rings. The number of fused-ring (bicyclic) bond motifs is 1. The predicted molar refractivity (Wildman–Crippen MR) is 92.1 cm³/mol. The second kappa shape index (κ2) is 7.60. The van der Waals surface area contributed by atoms with E-state index in [4.69, 9.17) is 0 Å². The van der Waals surface area contributed by atoms with Gasteiger partial charge in [0.15, 0.2) is 0 Å². The zero-order valence-corrected chi connectivity index (χ0v) is 14.8. The molecule has 0 aliphatic carbocycles. The number of nitrogens with zero attached hydrogens (tertiary/aromatic N) is 2. The van der Waals surface area contributed by atoms with Crippen LogP contribution in [0.15, 0.2) is 18.3 Å². The van der Waals surface area contributed by atoms with Crippen molar-refractivity contribution in [2.24, 2.45) is 5.92 Å². The number of hydrogen-bond donors (Lipinski definition) is 3. The number of carboxylic acid groups (broad SMARTS) is 1. The summed E-state index contributed by atoms with van der Waals surface area (Å²) in [7, 11) is 1.65. The van der Waals surface area contributed by atoms with E-state index in [0.717, 1.165) is 0 Å². The molecule has 8 heteroatoms. The fourth-order valence-electron chi connectivity index (χ4n) is 2.78. The molecule has 2 amide bonds. The SMILES string of the molecule is CNC(C)C(=O)NC(C(=O)N1c2ncccc2CC1C(=O)O)C(C)C. The zero-order valence-electron chi connectivity index (χ0n) is 14.8. The molecule has 3 unspecified atom stereocenters. The summed E-state index contributed by atoms with van der Waals surface area (Å²) in [6, 6.07) is 1.16. The molecular formula is C17H24N4O4. The van der Waals surface area contributed by atoms with Gasteiger partial charge in [-0.1, -0.05) is 19.9 Å². The number of hydrogen-bond acceptors (Lipinski definition) is 5. The number of aliphatic carboxylic acids is 1. The first-order chi connectivity index (χ1) is 11.8. The molecule has 0 fully saturated rings. The number of pyridine rings is 1. The lowest BCUT2D eigenvalue weighted by atomic mass is 10.0. The van der Waals surface area contributed by atoms with Gasteiger partial charge in [-0.3, -0.25) is 14.5 Å². The van der Waals surface area contributed by atoms with E-state index < -0.39 is 30.0 Å². The molecule has 0 aromatic carbocycles. The van der Waals surface area contributed by atoms with Gasteiger partial charge in [-0.2, -0.15) is 0 Å². The minimum Gasteiger partial charge on any atom is -0.480 e. The van der Waals surface area contributed by atoms with Crippen molar-refractivity contribution in [3.8, 4) is 0 Å². The minimum atomic E-state index is -1.09. The third kappa shape index (κ3) is 3.79. The van der Waals surface area contributed by atoms with Gasteiger partial charge < -0.3 is 15.7 Å². The van der Waals surface area contributed by atoms with Gasteiger partial charge in [-0.25, -0.2) is 9.78 Å². The van der Waals surface area contributed by atoms with Gasteiger partial charge in [0.25, 0.3) is 5.91 Å². The standard InChI is InChI=1S/C17H24N4O4/c1-9(2)13(20-15(22)10(3)18-4)16(23)21-12(17(24)25)8-11-6-5-7-19-14(11)21/h5-7,9-10,12-13,18H,8H2,1-4H3,(H,20,22)(H,24,25). The van der Waals surface area contributed by atoms with Crippen LogP contribution >= 0.6 is 0 Å². The Morgan fingerprint density at radius 3 is 2.56 bits per heavy atom. The molecule has 0 saturated carbocycles. The molecule has 3 atom stereocenters. The van der Waals surface area contributed by atoms with Gasteiger partial charge in [0.05, 0.1) is 6.04 Å². The molecular weight excluding hydrogens is 324 g/mol. The van der Waals surface area contributed by atoms with Crippen molar-refractivity contribution in [3.05, 3.63) is 23.9 Å². The Labute approximate surface area is 146 Å². The van der Waals surface area contributed by atoms with Crippen LogP contribution in [-0.4, -0.2) is 53.0 Å². The van der Waals surface area contributed by atoms with Crippen LogP contribution in [0.1, 0.15) is 26.3 Å². The quantitative estimate of drug-likeness (QED) is 0.676. The normalized spacial score (nSPS) is 18.6. The second-order valence-corrected chi connectivity index (χ2v) is 6.49. The smallest absolute Gasteiger partial charge is 0.327 e. The molecule has 3 N–H and O–H groups in total. The fraction of sp³-hybridized carbons (Fsp3) is 0.529. The Kier molecular flexibility index (Phi) is 5.73. The molecule has 1 aliphatic rings. The van der Waals surface area contributed by atoms with E-state index in [1.165, 1.54) is 11.1 Å². The summed E-state index contributed by atoms with van der Waals surface area (Å²) in [5.74, 6) is -1.73. The summed E-state index contributed by atoms with van der Waals surface area (Å²) in [4.78, 5) is 42.3. The number of nitrogens with one attached hydrogen (secondary N) is 2. The summed E-state index contributed by atoms with van der Waals surface area (Å²) in [5, 5.41) is 15.1. The number of carboxylic acids is 1. The maximum atomic E-state index is 13.1. The highest BCUT2D eigenvalue weighted by atomic mass is 16.4. The van der Waals surface area contributed by atoms with Gasteiger partial charge >= 0.3 is 5.97 Å². The summed E-state index contributed by atoms with van der Waals surface area (Å²) in [5.41, 5.74) is 0.709. The maximum Gasteiger partial charge on any atom is 0.327 e. The van der Waals surface area contributed by atoms with Crippen molar-refractivity contribution in [1.29, 1.82) is 0 Å². The average molecular weight is 348 g/mol. The van der Waals surface area contributed by atoms with Crippen molar-refractivity contribution < 1.29 is 19.5 Å². The third-order valence-corrected chi connectivity index (χ3v) is 4.40. The average Bonchev–Trinajstić information content (AvgIpc) is 2.97. The maximum absolute atomic E-state index is 13.1. The number of likely N-dealkylation sites (N-methyl/N-ethyl adjacent to an activating group) is 1. The molecule has 25 heavy (non-hydrogen) atoms. The lowest BCUT2D eigenvalue weighted by molar-refractivity contribution is -0.140. The van der Waals surface area contributed by atoms with Crippen LogP contribution in [0.5, 0.6) is 0 Å². The van der Waals surface area contributed by atoms with E-state index in [0.29, 0.717) is 11.4 Å². The van der Waals surface area contributed by atoms with E-state index in [-0.39, 0.29) is 18.2 Å². The predicted octanol–water partition coefficient (Wildman–Crippen LogP) is 0.173. The van der Waals surface area contributed by atoms with E-state index in [1.54, 1.807) is 40.0 Å². The van der Waals surface area contributed by atoms with Crippen molar-refractivity contribution in [2.45, 2.75) is 45.3 Å². The Morgan fingerprint density at radius 1 is 1.32 bits per heavy atom. The zero-order chi connectivity index (χ0) is 18.7. The van der Waals surface area contributed by atoms with Crippen molar-refractivity contribution in [2.75, 3.05) is 11.9 Å². The van der Waals surface area contributed by atoms with Gasteiger partial charge in [0, 0.05) is 12.6 Å². The summed E-state index contributed by atoms with van der Waals surface area (Å²) >= 11 is 0. The number of amides is 2. The minimum absolute atomic E-state index is 0.204. The molecule has 1 aromatic heterocycles. The molecule has 0 spiro atoms. The van der Waals surface area contributed by atoms with Crippen LogP contribution < -0.4 is 15.5 Å². The summed E-state index contributed by atoms with van der Waals surface area (Å²) < 4.78 is 0. The lowest BCUT2D eigenvalue weighted by Gasteiger charge is -2.30. The van der Waals surface area contributed by atoms with Crippen LogP contribution in [0.2, 0.25) is 0 Å². The Morgan fingerprint density at radius 2 is 2.00 bits per heavy atom. The van der Waals surface area contributed by atoms with E-state index >= 15 is 0 Å². The Balaban J connectivity index is 2.33. The fourth-order valence-corrected chi connectivity index (χ4v) is 2.78. The molecule has 2 heterocycles. The van der Waals surface area contributed by atoms with E-state index in [9.17, 15) is 19.5 Å². The number of carbonyl (C=O) groups is 3. The van der Waals surface area contributed by atoms with Gasteiger partial charge in [-0.15, -0.1) is 0 Å². The first-order valence-electron chi connectivity index (χ1n) is 8.25. The number of aromatic nitrogens is 1. The highest BCUT2D eigenvalue weighted by Crippen LogP contribution is 2.31. The number of anilines is 1. The van der Waals surface area contributed by atoms with Crippen LogP contribution in [0.3, 0.4) is 0 Å². The largest absolute Gasteiger partial charge is 0.480 e. The van der Waals surface area contributed by atoms with E-state index in [2.05, 4.69) is 15.6 Å². The Bertz CT molecular complexity index is 676. The van der Waals surface area contributed by atoms with Crippen LogP contribution in [0, 0.1) is 5.92 Å². The Hall–Kier alpha value is -2.48. The second-order valence-electron chi connectivity index (χ2n) is 6.49. The van der Waals surface area contributed by atoms with Crippen LogP contribution in [0.4, 0.5) is 5.82 Å². The van der Waals surface area contributed by atoms with E-state index in [1.807, 2.05) is 0 Å². The van der Waals surface area contributed by atoms with Gasteiger partial charge in [0.2, 0.25) is 5.91 Å². The molecule has 1 aliphatic heterocycles. The highest BCUT2D eigenvalue weighted by Gasteiger charge is 2.43. The first kappa shape index (κ1) is 18.9. The van der Waals surface area contributed by atoms with Crippen LogP contribution in [0.25, 0.3) is 0 Å². The monoisotopic (exact) mass is 348 g/mol.